The first-order chi connectivity index (χ1) is 4.72. The molecule has 1 amide bonds. The zero-order chi connectivity index (χ0) is 7.56. The molecule has 0 spiro atoms. The fourth-order valence-electron chi connectivity index (χ4n) is 1.11. The quantitative estimate of drug-likeness (QED) is 0.466. The van der Waals surface area contributed by atoms with Gasteiger partial charge in [0.2, 0.25) is 5.91 Å². The minimum Gasteiger partial charge on any atom is -0.394 e. The number of nitrogens with one attached hydrogen (secondary N) is 1. The number of aliphatic hydroxyl groups is 1. The molecular weight excluding hydrogens is 132 g/mol. The van der Waals surface area contributed by atoms with Gasteiger partial charge in [0.1, 0.15) is 0 Å². The standard InChI is InChI=1S/C6H12N2O2/c1-8-2-5(4-9)7-6(10)3-8/h5,9H,2-4H2,1H3,(H,7,10)/t5-/m1/s1. The summed E-state index contributed by atoms with van der Waals surface area (Å²) in [5.41, 5.74) is 0. The molecule has 4 nitrogen and oxygen atoms in total. The second-order valence-electron chi connectivity index (χ2n) is 2.64. The molecule has 1 fully saturated rings. The number of likely N-dealkylation sites (N-methyl/N-ethyl adjacent to an activating group) is 1. The van der Waals surface area contributed by atoms with E-state index in [9.17, 15) is 4.79 Å². The number of carbonyl (C=O) groups is 1. The lowest BCUT2D eigenvalue weighted by Crippen LogP contribution is -2.54. The van der Waals surface area contributed by atoms with Crippen LogP contribution in [0.3, 0.4) is 0 Å². The number of hydrogen-bond donors (Lipinski definition) is 2. The molecule has 0 aromatic rings. The van der Waals surface area contributed by atoms with E-state index in [0.29, 0.717) is 6.54 Å². The molecular formula is C6H12N2O2. The Hall–Kier alpha value is -0.610. The van der Waals surface area contributed by atoms with E-state index in [4.69, 9.17) is 5.11 Å². The predicted octanol–water partition coefficient (Wildman–Crippen LogP) is -1.59. The van der Waals surface area contributed by atoms with Crippen LogP contribution in [0.4, 0.5) is 0 Å². The van der Waals surface area contributed by atoms with E-state index in [1.54, 1.807) is 0 Å². The highest BCUT2D eigenvalue weighted by molar-refractivity contribution is 5.79. The largest absolute Gasteiger partial charge is 0.394 e. The van der Waals surface area contributed by atoms with Gasteiger partial charge in [-0.3, -0.25) is 9.69 Å². The maximum absolute atomic E-state index is 10.8. The Morgan fingerprint density at radius 2 is 2.60 bits per heavy atom. The number of piperazine rings is 1. The molecule has 0 aliphatic carbocycles. The first kappa shape index (κ1) is 7.50. The van der Waals surface area contributed by atoms with Crippen molar-refractivity contribution in [2.45, 2.75) is 6.04 Å². The smallest absolute Gasteiger partial charge is 0.234 e. The summed E-state index contributed by atoms with van der Waals surface area (Å²) in [4.78, 5) is 12.7. The molecule has 1 aliphatic rings. The summed E-state index contributed by atoms with van der Waals surface area (Å²) in [5, 5.41) is 11.4. The van der Waals surface area contributed by atoms with Gasteiger partial charge >= 0.3 is 0 Å². The Kier molecular flexibility index (Phi) is 2.24. The van der Waals surface area contributed by atoms with E-state index in [1.807, 2.05) is 11.9 Å². The molecule has 0 aromatic heterocycles. The van der Waals surface area contributed by atoms with Gasteiger partial charge in [-0.25, -0.2) is 0 Å². The highest BCUT2D eigenvalue weighted by atomic mass is 16.3. The van der Waals surface area contributed by atoms with Crippen molar-refractivity contribution < 1.29 is 9.90 Å². The molecule has 0 saturated carbocycles. The zero-order valence-corrected chi connectivity index (χ0v) is 6.00. The van der Waals surface area contributed by atoms with Crippen molar-refractivity contribution in [3.8, 4) is 0 Å². The molecule has 0 unspecified atom stereocenters. The molecule has 2 N–H and O–H groups in total. The third-order valence-corrected chi connectivity index (χ3v) is 1.53. The van der Waals surface area contributed by atoms with Crippen molar-refractivity contribution in [3.63, 3.8) is 0 Å². The number of nitrogens with zero attached hydrogens (tertiary/aromatic N) is 1. The lowest BCUT2D eigenvalue weighted by molar-refractivity contribution is -0.125. The highest BCUT2D eigenvalue weighted by Gasteiger charge is 2.20. The normalized spacial score (nSPS) is 28.2. The first-order valence-corrected chi connectivity index (χ1v) is 3.31. The Labute approximate surface area is 59.8 Å². The minimum absolute atomic E-state index is 0.00667. The minimum atomic E-state index is -0.0775. The molecule has 10 heavy (non-hydrogen) atoms. The maximum atomic E-state index is 10.8. The Morgan fingerprint density at radius 3 is 3.10 bits per heavy atom. The Morgan fingerprint density at radius 1 is 1.90 bits per heavy atom. The van der Waals surface area contributed by atoms with Gasteiger partial charge in [-0.1, -0.05) is 0 Å². The van der Waals surface area contributed by atoms with Crippen molar-refractivity contribution >= 4 is 5.91 Å². The lowest BCUT2D eigenvalue weighted by Gasteiger charge is -2.28. The van der Waals surface area contributed by atoms with Crippen LogP contribution in [0.25, 0.3) is 0 Å². The summed E-state index contributed by atoms with van der Waals surface area (Å²) in [6.07, 6.45) is 0. The van der Waals surface area contributed by atoms with Crippen molar-refractivity contribution in [3.05, 3.63) is 0 Å². The summed E-state index contributed by atoms with van der Waals surface area (Å²) in [6, 6.07) is -0.0775. The number of carbonyl (C=O) groups excluding carboxylic acids is 1. The van der Waals surface area contributed by atoms with Gasteiger partial charge in [0.05, 0.1) is 19.2 Å². The van der Waals surface area contributed by atoms with E-state index < -0.39 is 0 Å². The van der Waals surface area contributed by atoms with E-state index in [-0.39, 0.29) is 18.6 Å². The molecule has 0 aromatic carbocycles. The number of rotatable bonds is 1. The van der Waals surface area contributed by atoms with Crippen molar-refractivity contribution in [1.82, 2.24) is 10.2 Å². The van der Waals surface area contributed by atoms with E-state index in [0.717, 1.165) is 6.54 Å². The van der Waals surface area contributed by atoms with Gasteiger partial charge in [-0.05, 0) is 7.05 Å². The summed E-state index contributed by atoms with van der Waals surface area (Å²) in [5.74, 6) is -0.00667. The third-order valence-electron chi connectivity index (χ3n) is 1.53. The van der Waals surface area contributed by atoms with Crippen molar-refractivity contribution in [1.29, 1.82) is 0 Å². The molecule has 1 aliphatic heterocycles. The van der Waals surface area contributed by atoms with Crippen LogP contribution in [0.15, 0.2) is 0 Å². The summed E-state index contributed by atoms with van der Waals surface area (Å²) in [6.45, 7) is 1.20. The first-order valence-electron chi connectivity index (χ1n) is 3.31. The van der Waals surface area contributed by atoms with Crippen LogP contribution in [-0.2, 0) is 4.79 Å². The van der Waals surface area contributed by atoms with Gasteiger partial charge in [0, 0.05) is 6.54 Å². The molecule has 1 heterocycles. The summed E-state index contributed by atoms with van der Waals surface area (Å²) < 4.78 is 0. The van der Waals surface area contributed by atoms with E-state index in [2.05, 4.69) is 5.32 Å². The molecule has 1 atom stereocenters. The van der Waals surface area contributed by atoms with Crippen LogP contribution in [0.5, 0.6) is 0 Å². The molecule has 1 rings (SSSR count). The molecule has 0 radical (unpaired) electrons. The zero-order valence-electron chi connectivity index (χ0n) is 6.00. The number of aliphatic hydroxyl groups excluding tert-OH is 1. The van der Waals surface area contributed by atoms with Crippen LogP contribution in [0.1, 0.15) is 0 Å². The van der Waals surface area contributed by atoms with Gasteiger partial charge < -0.3 is 10.4 Å². The topological polar surface area (TPSA) is 52.6 Å². The van der Waals surface area contributed by atoms with Crippen LogP contribution in [0, 0.1) is 0 Å². The highest BCUT2D eigenvalue weighted by Crippen LogP contribution is 1.94. The fourth-order valence-corrected chi connectivity index (χ4v) is 1.11. The summed E-state index contributed by atoms with van der Waals surface area (Å²) in [7, 11) is 1.86. The van der Waals surface area contributed by atoms with Crippen LogP contribution >= 0.6 is 0 Å². The average molecular weight is 144 g/mol. The predicted molar refractivity (Wildman–Crippen MR) is 36.5 cm³/mol. The second kappa shape index (κ2) is 2.98. The monoisotopic (exact) mass is 144 g/mol. The van der Waals surface area contributed by atoms with E-state index >= 15 is 0 Å². The summed E-state index contributed by atoms with van der Waals surface area (Å²) >= 11 is 0. The number of hydrogen-bond acceptors (Lipinski definition) is 3. The third kappa shape index (κ3) is 1.68. The van der Waals surface area contributed by atoms with Crippen molar-refractivity contribution in [2.75, 3.05) is 26.7 Å². The Balaban J connectivity index is 2.42. The molecule has 58 valence electrons. The van der Waals surface area contributed by atoms with Gasteiger partial charge in [-0.15, -0.1) is 0 Å². The second-order valence-corrected chi connectivity index (χ2v) is 2.64. The van der Waals surface area contributed by atoms with Crippen LogP contribution in [-0.4, -0.2) is 48.7 Å². The lowest BCUT2D eigenvalue weighted by atomic mass is 10.2. The van der Waals surface area contributed by atoms with E-state index in [1.165, 1.54) is 0 Å². The van der Waals surface area contributed by atoms with Gasteiger partial charge in [0.15, 0.2) is 0 Å². The molecule has 4 heteroatoms. The molecule has 1 saturated heterocycles. The Bertz CT molecular complexity index is 138. The van der Waals surface area contributed by atoms with Gasteiger partial charge in [0.25, 0.3) is 0 Å². The van der Waals surface area contributed by atoms with Crippen molar-refractivity contribution in [2.24, 2.45) is 0 Å². The fraction of sp³-hybridized carbons (Fsp3) is 0.833. The molecule has 0 bridgehead atoms. The number of amides is 1. The SMILES string of the molecule is CN1CC(=O)N[C@@H](CO)C1. The van der Waals surface area contributed by atoms with Crippen LogP contribution < -0.4 is 5.32 Å². The van der Waals surface area contributed by atoms with Crippen LogP contribution in [0.2, 0.25) is 0 Å². The average Bonchev–Trinajstić information content (AvgIpc) is 1.85. The maximum Gasteiger partial charge on any atom is 0.234 e. The van der Waals surface area contributed by atoms with Gasteiger partial charge in [-0.2, -0.15) is 0 Å².